The molecule has 2 aromatic heterocycles. The molecule has 0 radical (unpaired) electrons. The van der Waals surface area contributed by atoms with E-state index >= 15 is 0 Å². The van der Waals surface area contributed by atoms with Crippen molar-refractivity contribution in [3.8, 4) is 6.07 Å². The summed E-state index contributed by atoms with van der Waals surface area (Å²) in [6.07, 6.45) is 0.658. The molecule has 0 saturated heterocycles. The first-order valence-electron chi connectivity index (χ1n) is 3.98. The normalized spacial score (nSPS) is 10.0. The van der Waals surface area contributed by atoms with E-state index in [0.29, 0.717) is 29.0 Å². The van der Waals surface area contributed by atoms with Crippen LogP contribution in [0.1, 0.15) is 21.9 Å². The molecular weight excluding hydrogens is 180 g/mol. The maximum atomic E-state index is 10.5. The number of rotatable bonds is 1. The Balaban J connectivity index is 2.82. The molecule has 2 rings (SSSR count). The van der Waals surface area contributed by atoms with Crippen LogP contribution in [0.25, 0.3) is 5.65 Å². The molecule has 0 bridgehead atoms. The fraction of sp³-hybridized carbons (Fsp3) is 0.111. The fourth-order valence-corrected chi connectivity index (χ4v) is 1.23. The highest BCUT2D eigenvalue weighted by Crippen LogP contribution is 2.09. The standard InChI is InChI=1S/C9H6N4O/c1-6-8(4-10)11-9-3-2-7(5-14)12-13(6)9/h2-3,5H,1H3. The van der Waals surface area contributed by atoms with Crippen LogP contribution in [0.4, 0.5) is 0 Å². The summed E-state index contributed by atoms with van der Waals surface area (Å²) in [6.45, 7) is 1.74. The Morgan fingerprint density at radius 2 is 2.36 bits per heavy atom. The average molecular weight is 186 g/mol. The number of hydrogen-bond donors (Lipinski definition) is 0. The average Bonchev–Trinajstić information content (AvgIpc) is 2.55. The first-order valence-corrected chi connectivity index (χ1v) is 3.98. The highest BCUT2D eigenvalue weighted by atomic mass is 16.1. The largest absolute Gasteiger partial charge is 0.296 e. The van der Waals surface area contributed by atoms with Gasteiger partial charge < -0.3 is 0 Å². The van der Waals surface area contributed by atoms with Crippen LogP contribution >= 0.6 is 0 Å². The lowest BCUT2D eigenvalue weighted by Crippen LogP contribution is -1.98. The summed E-state index contributed by atoms with van der Waals surface area (Å²) >= 11 is 0. The van der Waals surface area contributed by atoms with Gasteiger partial charge in [-0.05, 0) is 19.1 Å². The number of aromatic nitrogens is 3. The predicted octanol–water partition coefficient (Wildman–Crippen LogP) is 0.722. The second-order valence-corrected chi connectivity index (χ2v) is 2.80. The Kier molecular flexibility index (Phi) is 1.75. The van der Waals surface area contributed by atoms with E-state index in [-0.39, 0.29) is 0 Å². The minimum absolute atomic E-state index is 0.322. The van der Waals surface area contributed by atoms with E-state index in [1.54, 1.807) is 19.1 Å². The van der Waals surface area contributed by atoms with E-state index in [4.69, 9.17) is 5.26 Å². The molecule has 0 aliphatic rings. The maximum Gasteiger partial charge on any atom is 0.170 e. The summed E-state index contributed by atoms with van der Waals surface area (Å²) in [5.41, 5.74) is 1.87. The minimum atomic E-state index is 0.322. The number of fused-ring (bicyclic) bond motifs is 1. The van der Waals surface area contributed by atoms with E-state index in [2.05, 4.69) is 10.1 Å². The van der Waals surface area contributed by atoms with Gasteiger partial charge in [0.15, 0.2) is 17.6 Å². The molecule has 5 heteroatoms. The minimum Gasteiger partial charge on any atom is -0.296 e. The Bertz CT molecular complexity index is 550. The summed E-state index contributed by atoms with van der Waals surface area (Å²) in [4.78, 5) is 14.5. The van der Waals surface area contributed by atoms with Gasteiger partial charge in [0.05, 0.1) is 5.69 Å². The maximum absolute atomic E-state index is 10.5. The van der Waals surface area contributed by atoms with Crippen molar-refractivity contribution < 1.29 is 4.79 Å². The fourth-order valence-electron chi connectivity index (χ4n) is 1.23. The van der Waals surface area contributed by atoms with Crippen molar-refractivity contribution in [2.45, 2.75) is 6.92 Å². The van der Waals surface area contributed by atoms with Crippen molar-refractivity contribution in [2.24, 2.45) is 0 Å². The zero-order valence-corrected chi connectivity index (χ0v) is 7.43. The zero-order valence-electron chi connectivity index (χ0n) is 7.43. The lowest BCUT2D eigenvalue weighted by molar-refractivity contribution is 0.111. The van der Waals surface area contributed by atoms with Crippen LogP contribution in [-0.4, -0.2) is 20.9 Å². The molecule has 2 heterocycles. The lowest BCUT2D eigenvalue weighted by Gasteiger charge is -1.94. The van der Waals surface area contributed by atoms with Crippen LogP contribution in [0.2, 0.25) is 0 Å². The molecule has 68 valence electrons. The van der Waals surface area contributed by atoms with Crippen molar-refractivity contribution in [1.82, 2.24) is 14.6 Å². The lowest BCUT2D eigenvalue weighted by atomic mass is 10.4. The number of carbonyl (C=O) groups excluding carboxylic acids is 1. The van der Waals surface area contributed by atoms with Gasteiger partial charge in [0.25, 0.3) is 0 Å². The third kappa shape index (κ3) is 1.05. The van der Waals surface area contributed by atoms with E-state index in [9.17, 15) is 4.79 Å². The Hall–Kier alpha value is -2.22. The van der Waals surface area contributed by atoms with E-state index in [1.165, 1.54) is 4.52 Å². The van der Waals surface area contributed by atoms with Gasteiger partial charge in [0, 0.05) is 0 Å². The number of aryl methyl sites for hydroxylation is 1. The first-order chi connectivity index (χ1) is 6.76. The molecule has 14 heavy (non-hydrogen) atoms. The first kappa shape index (κ1) is 8.38. The molecule has 0 fully saturated rings. The quantitative estimate of drug-likeness (QED) is 0.615. The van der Waals surface area contributed by atoms with Crippen molar-refractivity contribution in [3.63, 3.8) is 0 Å². The van der Waals surface area contributed by atoms with Crippen LogP contribution in [-0.2, 0) is 0 Å². The summed E-state index contributed by atoms with van der Waals surface area (Å²) in [5, 5.41) is 12.7. The van der Waals surface area contributed by atoms with Gasteiger partial charge in [-0.15, -0.1) is 0 Å². The predicted molar refractivity (Wildman–Crippen MR) is 47.8 cm³/mol. The summed E-state index contributed by atoms with van der Waals surface area (Å²) in [7, 11) is 0. The van der Waals surface area contributed by atoms with E-state index in [0.717, 1.165) is 0 Å². The number of carbonyl (C=O) groups is 1. The molecule has 0 unspecified atom stereocenters. The van der Waals surface area contributed by atoms with Gasteiger partial charge in [-0.25, -0.2) is 9.50 Å². The second kappa shape index (κ2) is 2.92. The van der Waals surface area contributed by atoms with Gasteiger partial charge in [-0.1, -0.05) is 0 Å². The molecule has 0 amide bonds. The summed E-state index contributed by atoms with van der Waals surface area (Å²) in [5.74, 6) is 0. The number of aldehydes is 1. The molecular formula is C9H6N4O. The highest BCUT2D eigenvalue weighted by Gasteiger charge is 2.08. The van der Waals surface area contributed by atoms with Crippen LogP contribution in [0.5, 0.6) is 0 Å². The molecule has 0 aliphatic heterocycles. The van der Waals surface area contributed by atoms with Crippen LogP contribution in [0.15, 0.2) is 12.1 Å². The molecule has 5 nitrogen and oxygen atoms in total. The van der Waals surface area contributed by atoms with Crippen molar-refractivity contribution in [3.05, 3.63) is 29.2 Å². The van der Waals surface area contributed by atoms with Crippen LogP contribution in [0, 0.1) is 18.3 Å². The Morgan fingerprint density at radius 1 is 1.57 bits per heavy atom. The van der Waals surface area contributed by atoms with Crippen molar-refractivity contribution in [1.29, 1.82) is 5.26 Å². The van der Waals surface area contributed by atoms with Crippen molar-refractivity contribution >= 4 is 11.9 Å². The second-order valence-electron chi connectivity index (χ2n) is 2.80. The molecule has 2 aromatic rings. The van der Waals surface area contributed by atoms with Crippen LogP contribution in [0.3, 0.4) is 0 Å². The van der Waals surface area contributed by atoms with Crippen molar-refractivity contribution in [2.75, 3.05) is 0 Å². The van der Waals surface area contributed by atoms with Gasteiger partial charge in [0.1, 0.15) is 11.8 Å². The SMILES string of the molecule is Cc1c(C#N)nc2ccc(C=O)nn12. The van der Waals surface area contributed by atoms with Gasteiger partial charge in [0.2, 0.25) is 0 Å². The molecule has 0 spiro atoms. The van der Waals surface area contributed by atoms with E-state index < -0.39 is 0 Å². The highest BCUT2D eigenvalue weighted by molar-refractivity contribution is 5.72. The molecule has 0 aliphatic carbocycles. The topological polar surface area (TPSA) is 71.0 Å². The van der Waals surface area contributed by atoms with Gasteiger partial charge in [-0.3, -0.25) is 4.79 Å². The summed E-state index contributed by atoms with van der Waals surface area (Å²) in [6, 6.07) is 5.18. The summed E-state index contributed by atoms with van der Waals surface area (Å²) < 4.78 is 1.49. The Morgan fingerprint density at radius 3 is 3.00 bits per heavy atom. The van der Waals surface area contributed by atoms with Crippen LogP contribution < -0.4 is 0 Å². The number of nitriles is 1. The smallest absolute Gasteiger partial charge is 0.170 e. The monoisotopic (exact) mass is 186 g/mol. The molecule has 0 N–H and O–H groups in total. The zero-order chi connectivity index (χ0) is 10.1. The van der Waals surface area contributed by atoms with E-state index in [1.807, 2.05) is 6.07 Å². The molecule has 0 atom stereocenters. The molecule has 0 aromatic carbocycles. The molecule has 0 saturated carbocycles. The third-order valence-electron chi connectivity index (χ3n) is 1.95. The number of imidazole rings is 1. The van der Waals surface area contributed by atoms with Gasteiger partial charge >= 0.3 is 0 Å². The number of nitrogens with zero attached hydrogens (tertiary/aromatic N) is 4. The van der Waals surface area contributed by atoms with Gasteiger partial charge in [-0.2, -0.15) is 10.4 Å². The third-order valence-corrected chi connectivity index (χ3v) is 1.95. The number of hydrogen-bond acceptors (Lipinski definition) is 4. The Labute approximate surface area is 79.6 Å².